The van der Waals surface area contributed by atoms with Crippen LogP contribution in [0.25, 0.3) is 22.3 Å². The Morgan fingerprint density at radius 1 is 1.17 bits per heavy atom. The summed E-state index contributed by atoms with van der Waals surface area (Å²) in [6.45, 7) is -1.17. The number of likely N-dealkylation sites (N-methyl/N-ethyl adjacent to an activating group) is 1. The number of ether oxygens (including phenoxy) is 2. The number of sulfone groups is 1. The van der Waals surface area contributed by atoms with E-state index in [0.717, 1.165) is 29.8 Å². The van der Waals surface area contributed by atoms with Gasteiger partial charge in [-0.1, -0.05) is 6.07 Å². The van der Waals surface area contributed by atoms with E-state index in [9.17, 15) is 22.0 Å². The van der Waals surface area contributed by atoms with E-state index in [-0.39, 0.29) is 29.8 Å². The van der Waals surface area contributed by atoms with Gasteiger partial charge in [0.05, 0.1) is 59.4 Å². The summed E-state index contributed by atoms with van der Waals surface area (Å²) in [5, 5.41) is 3.40. The molecular weight excluding hydrogens is 568 g/mol. The highest BCUT2D eigenvalue weighted by molar-refractivity contribution is 7.92. The van der Waals surface area contributed by atoms with Crippen molar-refractivity contribution in [2.24, 2.45) is 0 Å². The van der Waals surface area contributed by atoms with Gasteiger partial charge in [-0.15, -0.1) is 0 Å². The van der Waals surface area contributed by atoms with Crippen molar-refractivity contribution in [2.75, 3.05) is 25.7 Å². The van der Waals surface area contributed by atoms with Crippen molar-refractivity contribution in [1.29, 1.82) is 0 Å². The van der Waals surface area contributed by atoms with Crippen LogP contribution >= 0.6 is 0 Å². The van der Waals surface area contributed by atoms with Crippen molar-refractivity contribution >= 4 is 32.5 Å². The number of carbonyl (C=O) groups excluding carboxylic acids is 1. The second-order valence-electron chi connectivity index (χ2n) is 10.2. The Morgan fingerprint density at radius 2 is 1.98 bits per heavy atom. The molecule has 1 amide bonds. The van der Waals surface area contributed by atoms with Crippen molar-refractivity contribution in [3.63, 3.8) is 0 Å². The van der Waals surface area contributed by atoms with Gasteiger partial charge in [0, 0.05) is 36.9 Å². The van der Waals surface area contributed by atoms with Crippen LogP contribution in [-0.4, -0.2) is 67.7 Å². The number of alkyl halides is 1. The van der Waals surface area contributed by atoms with Crippen LogP contribution in [0.3, 0.4) is 0 Å². The molecule has 1 aliphatic carbocycles. The van der Waals surface area contributed by atoms with Crippen LogP contribution in [0, 0.1) is 5.82 Å². The number of pyridine rings is 3. The second kappa shape index (κ2) is 11.0. The molecule has 4 aromatic rings. The number of benzene rings is 1. The first-order chi connectivity index (χ1) is 20.2. The summed E-state index contributed by atoms with van der Waals surface area (Å²) in [4.78, 5) is 28.3. The van der Waals surface area contributed by atoms with Crippen LogP contribution in [0.15, 0.2) is 59.6 Å². The number of aromatic nitrogens is 3. The average Bonchev–Trinajstić information content (AvgIpc) is 3.80. The molecule has 0 unspecified atom stereocenters. The summed E-state index contributed by atoms with van der Waals surface area (Å²) >= 11 is 0. The third kappa shape index (κ3) is 5.30. The lowest BCUT2D eigenvalue weighted by Gasteiger charge is -2.18. The Bertz CT molecular complexity index is 1800. The first-order valence-electron chi connectivity index (χ1n) is 13.2. The Morgan fingerprint density at radius 3 is 2.76 bits per heavy atom. The van der Waals surface area contributed by atoms with Gasteiger partial charge < -0.3 is 19.7 Å². The zero-order valence-electron chi connectivity index (χ0n) is 22.8. The fourth-order valence-electron chi connectivity index (χ4n) is 4.94. The maximum atomic E-state index is 14.7. The third-order valence-electron chi connectivity index (χ3n) is 7.47. The second-order valence-corrected chi connectivity index (χ2v) is 12.3. The van der Waals surface area contributed by atoms with Crippen LogP contribution in [0.4, 0.5) is 14.6 Å². The lowest BCUT2D eigenvalue weighted by molar-refractivity contribution is 0.0938. The van der Waals surface area contributed by atoms with Gasteiger partial charge in [0.1, 0.15) is 11.6 Å². The molecule has 0 radical (unpaired) electrons. The predicted octanol–water partition coefficient (Wildman–Crippen LogP) is 3.58. The van der Waals surface area contributed by atoms with E-state index in [1.807, 2.05) is 37.4 Å². The fraction of sp³-hybridized carbons (Fsp3) is 0.310. The normalized spacial score (nSPS) is 20.9. The van der Waals surface area contributed by atoms with Gasteiger partial charge in [-0.3, -0.25) is 9.78 Å². The Kier molecular flexibility index (Phi) is 7.33. The summed E-state index contributed by atoms with van der Waals surface area (Å²) in [6.07, 6.45) is 2.78. The van der Waals surface area contributed by atoms with Gasteiger partial charge in [0.2, 0.25) is 15.3 Å². The Balaban J connectivity index is 1.20. The van der Waals surface area contributed by atoms with E-state index in [1.54, 1.807) is 19.4 Å². The van der Waals surface area contributed by atoms with Crippen LogP contribution < -0.4 is 10.2 Å². The molecule has 3 atom stereocenters. The predicted molar refractivity (Wildman–Crippen MR) is 150 cm³/mol. The molecule has 0 saturated heterocycles. The number of rotatable bonds is 7. The van der Waals surface area contributed by atoms with Crippen molar-refractivity contribution < 1.29 is 31.5 Å². The monoisotopic (exact) mass is 595 g/mol. The molecule has 4 heterocycles. The highest BCUT2D eigenvalue weighted by Gasteiger charge is 2.41. The molecule has 1 fully saturated rings. The molecule has 218 valence electrons. The van der Waals surface area contributed by atoms with E-state index in [4.69, 9.17) is 19.4 Å². The molecule has 1 N–H and O–H groups in total. The van der Waals surface area contributed by atoms with Gasteiger partial charge in [-0.25, -0.2) is 27.2 Å². The number of methoxy groups -OCH3 is 1. The molecule has 1 saturated carbocycles. The minimum atomic E-state index is -4.51. The zero-order valence-corrected chi connectivity index (χ0v) is 23.6. The minimum Gasteiger partial charge on any atom is -0.379 e. The lowest BCUT2D eigenvalue weighted by Crippen LogP contribution is -2.25. The number of halogens is 2. The maximum Gasteiger partial charge on any atom is 0.251 e. The fourth-order valence-corrected chi connectivity index (χ4v) is 6.28. The lowest BCUT2D eigenvalue weighted by atomic mass is 10.1. The quantitative estimate of drug-likeness (QED) is 0.342. The Hall–Kier alpha value is -4.07. The molecule has 6 rings (SSSR count). The molecule has 2 aliphatic rings. The van der Waals surface area contributed by atoms with Crippen molar-refractivity contribution in [3.8, 4) is 11.4 Å². The van der Waals surface area contributed by atoms with Crippen molar-refractivity contribution in [2.45, 2.75) is 42.1 Å². The summed E-state index contributed by atoms with van der Waals surface area (Å²) in [7, 11) is -0.822. The van der Waals surface area contributed by atoms with Crippen LogP contribution in [-0.2, 0) is 32.5 Å². The maximum absolute atomic E-state index is 14.7. The van der Waals surface area contributed by atoms with Gasteiger partial charge in [-0.2, -0.15) is 0 Å². The van der Waals surface area contributed by atoms with Crippen LogP contribution in [0.1, 0.15) is 28.0 Å². The van der Waals surface area contributed by atoms with E-state index in [1.165, 1.54) is 0 Å². The molecule has 3 aromatic heterocycles. The van der Waals surface area contributed by atoms with Gasteiger partial charge >= 0.3 is 0 Å². The molecular formula is C29H27F2N5O5S. The first-order valence-corrected chi connectivity index (χ1v) is 14.8. The Labute approximate surface area is 240 Å². The molecule has 13 heteroatoms. The van der Waals surface area contributed by atoms with Crippen LogP contribution in [0.2, 0.25) is 0 Å². The summed E-state index contributed by atoms with van der Waals surface area (Å²) in [6, 6.07) is 13.4. The largest absolute Gasteiger partial charge is 0.379 e. The van der Waals surface area contributed by atoms with Gasteiger partial charge in [0.15, 0.2) is 0 Å². The number of amides is 1. The zero-order chi connectivity index (χ0) is 29.6. The third-order valence-corrected chi connectivity index (χ3v) is 9.26. The van der Waals surface area contributed by atoms with E-state index in [2.05, 4.69) is 15.2 Å². The number of fused-ring (bicyclic) bond motifs is 2. The SMILES string of the molecule is CO[C@@H]1C[C@H]1N(C)c1cccc(-c2ccc3cnc(CNC(=O)c4cc(F)c5c(c4)S(=O)(=O)[C@@H](F)COC5)cc3n2)n1. The summed E-state index contributed by atoms with van der Waals surface area (Å²) in [5.41, 5.74) is -0.451. The highest BCUT2D eigenvalue weighted by Crippen LogP contribution is 2.33. The number of carbonyl (C=O) groups is 1. The topological polar surface area (TPSA) is 124 Å². The van der Waals surface area contributed by atoms with E-state index in [0.29, 0.717) is 22.6 Å². The molecule has 0 spiro atoms. The standard InChI is InChI=1S/C29H27F2N5O5S/c1-36(24-11-25(24)40-2)28-5-3-4-21(35-28)22-7-6-16-12-32-18(10-23(16)34-22)13-33-29(37)17-8-20(30)19-14-41-15-27(31)42(38,39)26(19)9-17/h3-10,12,24-25,27H,11,13-15H2,1-2H3,(H,33,37)/t24-,25-,27-/m1/s1. The van der Waals surface area contributed by atoms with Crippen molar-refractivity contribution in [3.05, 3.63) is 77.4 Å². The number of anilines is 1. The molecule has 10 nitrogen and oxygen atoms in total. The average molecular weight is 596 g/mol. The number of hydrogen-bond acceptors (Lipinski definition) is 9. The molecule has 42 heavy (non-hydrogen) atoms. The van der Waals surface area contributed by atoms with Gasteiger partial charge in [-0.05, 0) is 48.9 Å². The summed E-state index contributed by atoms with van der Waals surface area (Å²) < 4.78 is 64.3. The molecule has 1 aromatic carbocycles. The van der Waals surface area contributed by atoms with E-state index >= 15 is 0 Å². The minimum absolute atomic E-state index is 0.0401. The van der Waals surface area contributed by atoms with Crippen LogP contribution in [0.5, 0.6) is 0 Å². The highest BCUT2D eigenvalue weighted by atomic mass is 32.2. The van der Waals surface area contributed by atoms with E-state index < -0.39 is 45.2 Å². The molecule has 0 bridgehead atoms. The van der Waals surface area contributed by atoms with Gasteiger partial charge in [0.25, 0.3) is 5.91 Å². The van der Waals surface area contributed by atoms with Crippen molar-refractivity contribution in [1.82, 2.24) is 20.3 Å². The number of nitrogens with zero attached hydrogens (tertiary/aromatic N) is 4. The smallest absolute Gasteiger partial charge is 0.251 e. The molecule has 1 aliphatic heterocycles. The number of hydrogen-bond donors (Lipinski definition) is 1. The summed E-state index contributed by atoms with van der Waals surface area (Å²) in [5.74, 6) is -0.892. The number of nitrogens with one attached hydrogen (secondary N) is 1. The first kappa shape index (κ1) is 28.1.